The fourth-order valence-corrected chi connectivity index (χ4v) is 0.668. The van der Waals surface area contributed by atoms with Crippen molar-refractivity contribution in [2.24, 2.45) is 0 Å². The maximum Gasteiger partial charge on any atom is -0.0121 e. The molecule has 0 bridgehead atoms. The summed E-state index contributed by atoms with van der Waals surface area (Å²) in [6, 6.07) is 0. The van der Waals surface area contributed by atoms with Crippen LogP contribution in [0.3, 0.4) is 0 Å². The van der Waals surface area contributed by atoms with E-state index in [1.165, 1.54) is 6.42 Å². The van der Waals surface area contributed by atoms with E-state index in [0.717, 1.165) is 10.9 Å². The molecule has 0 nitrogen and oxygen atoms in total. The average Bonchev–Trinajstić information content (AvgIpc) is 1.35. The summed E-state index contributed by atoms with van der Waals surface area (Å²) in [5.41, 5.74) is 0. The summed E-state index contributed by atoms with van der Waals surface area (Å²) in [6.45, 7) is 5.79. The second-order valence-electron chi connectivity index (χ2n) is 1.27. The van der Waals surface area contributed by atoms with Gasteiger partial charge in [-0.15, -0.1) is 0 Å². The molecule has 0 N–H and O–H groups in total. The molecule has 0 fully saturated rings. The molecule has 0 radical (unpaired) electrons. The van der Waals surface area contributed by atoms with E-state index >= 15 is 0 Å². The molecule has 0 aromatic carbocycles. The third-order valence-corrected chi connectivity index (χ3v) is 0.918. The van der Waals surface area contributed by atoms with Crippen LogP contribution in [0.2, 0.25) is 0 Å². The summed E-state index contributed by atoms with van der Waals surface area (Å²) in [6.07, 6.45) is 2.28. The summed E-state index contributed by atoms with van der Waals surface area (Å²) >= 11 is 3.24. The Hall–Kier alpha value is 0.220. The zero-order valence-electron chi connectivity index (χ0n) is 4.00. The van der Waals surface area contributed by atoms with Gasteiger partial charge in [0.25, 0.3) is 0 Å². The Morgan fingerprint density at radius 1 is 1.83 bits per heavy atom. The molecule has 36 valence electrons. The van der Waals surface area contributed by atoms with Crippen LogP contribution in [0.5, 0.6) is 0 Å². The summed E-state index contributed by atoms with van der Waals surface area (Å²) in [7, 11) is 0. The minimum atomic E-state index is 1.10. The topological polar surface area (TPSA) is 0 Å². The molecule has 0 atom stereocenters. The summed E-state index contributed by atoms with van der Waals surface area (Å²) < 4.78 is 1.10. The van der Waals surface area contributed by atoms with Crippen LogP contribution < -0.4 is 0 Å². The number of rotatable bonds is 2. The Labute approximate surface area is 47.4 Å². The third-order valence-electron chi connectivity index (χ3n) is 0.521. The first-order valence-corrected chi connectivity index (χ1v) is 2.90. The van der Waals surface area contributed by atoms with Crippen molar-refractivity contribution in [3.05, 3.63) is 11.1 Å². The smallest absolute Gasteiger partial charge is 0.0121 e. The minimum absolute atomic E-state index is 1.10. The number of hydrogen-bond acceptors (Lipinski definition) is 0. The Morgan fingerprint density at radius 2 is 2.33 bits per heavy atom. The molecule has 0 heterocycles. The summed E-state index contributed by atoms with van der Waals surface area (Å²) in [5.74, 6) is 0. The quantitative estimate of drug-likeness (QED) is 0.566. The van der Waals surface area contributed by atoms with Crippen LogP contribution in [0.4, 0.5) is 0 Å². The predicted molar refractivity (Wildman–Crippen MR) is 33.0 cm³/mol. The number of allylic oxidation sites excluding steroid dienone is 1. The lowest BCUT2D eigenvalue weighted by molar-refractivity contribution is 0.953. The predicted octanol–water partition coefficient (Wildman–Crippen LogP) is 2.70. The Morgan fingerprint density at radius 3 is 2.33 bits per heavy atom. The third kappa shape index (κ3) is 4.22. The monoisotopic (exact) mass is 148 g/mol. The Kier molecular flexibility index (Phi) is 3.54. The fourth-order valence-electron chi connectivity index (χ4n) is 0.271. The standard InChI is InChI=1S/C5H9Br/c1-3-4-5(2)6/h2-4H2,1H3. The van der Waals surface area contributed by atoms with Gasteiger partial charge >= 0.3 is 0 Å². The zero-order valence-corrected chi connectivity index (χ0v) is 5.59. The van der Waals surface area contributed by atoms with Crippen LogP contribution in [0.25, 0.3) is 0 Å². The van der Waals surface area contributed by atoms with E-state index in [0.29, 0.717) is 0 Å². The summed E-state index contributed by atoms with van der Waals surface area (Å²) in [4.78, 5) is 0. The van der Waals surface area contributed by atoms with Crippen molar-refractivity contribution in [3.8, 4) is 0 Å². The van der Waals surface area contributed by atoms with Crippen LogP contribution in [0.15, 0.2) is 11.1 Å². The highest BCUT2D eigenvalue weighted by Gasteiger charge is 1.78. The van der Waals surface area contributed by atoms with Gasteiger partial charge in [-0.05, 0) is 10.9 Å². The molecule has 0 aliphatic carbocycles. The fraction of sp³-hybridized carbons (Fsp3) is 0.600. The molecule has 0 aromatic rings. The second-order valence-corrected chi connectivity index (χ2v) is 2.39. The molecule has 0 saturated heterocycles. The highest BCUT2D eigenvalue weighted by Crippen LogP contribution is 2.07. The van der Waals surface area contributed by atoms with E-state index in [9.17, 15) is 0 Å². The van der Waals surface area contributed by atoms with Gasteiger partial charge in [-0.25, -0.2) is 0 Å². The van der Waals surface area contributed by atoms with Crippen molar-refractivity contribution in [2.75, 3.05) is 0 Å². The molecule has 0 rings (SSSR count). The maximum absolute atomic E-state index is 3.66. The first-order chi connectivity index (χ1) is 2.77. The highest BCUT2D eigenvalue weighted by molar-refractivity contribution is 9.11. The van der Waals surface area contributed by atoms with E-state index in [1.54, 1.807) is 0 Å². The van der Waals surface area contributed by atoms with Crippen molar-refractivity contribution in [1.29, 1.82) is 0 Å². The molecule has 0 aliphatic heterocycles. The largest absolute Gasteiger partial charge is 0.0889 e. The van der Waals surface area contributed by atoms with Gasteiger partial charge in [0, 0.05) is 0 Å². The van der Waals surface area contributed by atoms with Gasteiger partial charge in [0.1, 0.15) is 0 Å². The minimum Gasteiger partial charge on any atom is -0.0889 e. The van der Waals surface area contributed by atoms with E-state index in [1.807, 2.05) is 0 Å². The van der Waals surface area contributed by atoms with Crippen LogP contribution in [0.1, 0.15) is 19.8 Å². The molecule has 0 amide bonds. The zero-order chi connectivity index (χ0) is 4.99. The molecule has 6 heavy (non-hydrogen) atoms. The maximum atomic E-state index is 3.66. The van der Waals surface area contributed by atoms with Crippen LogP contribution in [0, 0.1) is 0 Å². The first kappa shape index (κ1) is 6.22. The van der Waals surface area contributed by atoms with E-state index in [4.69, 9.17) is 0 Å². The first-order valence-electron chi connectivity index (χ1n) is 2.10. The second kappa shape index (κ2) is 3.41. The lowest BCUT2D eigenvalue weighted by Crippen LogP contribution is -1.62. The Bertz CT molecular complexity index is 47.9. The van der Waals surface area contributed by atoms with Gasteiger partial charge in [0.15, 0.2) is 0 Å². The van der Waals surface area contributed by atoms with Crippen LogP contribution in [-0.4, -0.2) is 0 Å². The van der Waals surface area contributed by atoms with E-state index < -0.39 is 0 Å². The normalized spacial score (nSPS) is 8.33. The number of hydrogen-bond donors (Lipinski definition) is 0. The molecular weight excluding hydrogens is 140 g/mol. The molecular formula is C5H9Br. The molecule has 0 unspecified atom stereocenters. The molecule has 0 spiro atoms. The van der Waals surface area contributed by atoms with Gasteiger partial charge in [-0.2, -0.15) is 0 Å². The van der Waals surface area contributed by atoms with Gasteiger partial charge in [0.2, 0.25) is 0 Å². The molecule has 0 saturated carbocycles. The average molecular weight is 149 g/mol. The lowest BCUT2D eigenvalue weighted by Gasteiger charge is -1.84. The molecule has 0 aliphatic rings. The molecule has 1 heteroatoms. The van der Waals surface area contributed by atoms with Gasteiger partial charge in [-0.3, -0.25) is 0 Å². The van der Waals surface area contributed by atoms with Crippen molar-refractivity contribution in [3.63, 3.8) is 0 Å². The lowest BCUT2D eigenvalue weighted by atomic mass is 10.3. The van der Waals surface area contributed by atoms with Crippen molar-refractivity contribution < 1.29 is 0 Å². The summed E-state index contributed by atoms with van der Waals surface area (Å²) in [5, 5.41) is 0. The van der Waals surface area contributed by atoms with E-state index in [2.05, 4.69) is 29.4 Å². The van der Waals surface area contributed by atoms with Crippen molar-refractivity contribution in [1.82, 2.24) is 0 Å². The molecule has 0 aromatic heterocycles. The van der Waals surface area contributed by atoms with Gasteiger partial charge in [-0.1, -0.05) is 35.9 Å². The number of halogens is 1. The van der Waals surface area contributed by atoms with Gasteiger partial charge < -0.3 is 0 Å². The van der Waals surface area contributed by atoms with Crippen LogP contribution in [-0.2, 0) is 0 Å². The highest BCUT2D eigenvalue weighted by atomic mass is 79.9. The van der Waals surface area contributed by atoms with E-state index in [-0.39, 0.29) is 0 Å². The van der Waals surface area contributed by atoms with Crippen molar-refractivity contribution in [2.45, 2.75) is 19.8 Å². The van der Waals surface area contributed by atoms with Gasteiger partial charge in [0.05, 0.1) is 0 Å². The van der Waals surface area contributed by atoms with Crippen molar-refractivity contribution >= 4 is 15.9 Å². The van der Waals surface area contributed by atoms with Crippen LogP contribution >= 0.6 is 15.9 Å². The Balaban J connectivity index is 2.83. The SMILES string of the molecule is C=C(Br)CCC.